The molecule has 4 heterocycles. The van der Waals surface area contributed by atoms with Crippen LogP contribution in [0.3, 0.4) is 0 Å². The number of esters is 1. The van der Waals surface area contributed by atoms with Crippen LogP contribution >= 0.6 is 0 Å². The minimum atomic E-state index is -0.0217. The first-order chi connectivity index (χ1) is 12.2. The lowest BCUT2D eigenvalue weighted by Crippen LogP contribution is -2.65. The third-order valence-electron chi connectivity index (χ3n) is 6.93. The van der Waals surface area contributed by atoms with Gasteiger partial charge in [-0.2, -0.15) is 0 Å². The quantitative estimate of drug-likeness (QED) is 0.733. The SMILES string of the molecule is CCCCC(=O)O[C@H]1CCC2C3CC(CN2C1)C1CCCC(=O)N1C3. The summed E-state index contributed by atoms with van der Waals surface area (Å²) < 4.78 is 5.74. The molecule has 0 radical (unpaired) electrons. The van der Waals surface area contributed by atoms with Gasteiger partial charge in [-0.1, -0.05) is 13.3 Å². The summed E-state index contributed by atoms with van der Waals surface area (Å²) in [5.74, 6) is 1.60. The predicted octanol–water partition coefficient (Wildman–Crippen LogP) is 2.58. The number of unbranched alkanes of at least 4 members (excludes halogenated alkanes) is 1. The number of hydrogen-bond acceptors (Lipinski definition) is 4. The molecule has 0 aromatic carbocycles. The van der Waals surface area contributed by atoms with Gasteiger partial charge in [0.15, 0.2) is 0 Å². The van der Waals surface area contributed by atoms with E-state index in [-0.39, 0.29) is 12.1 Å². The summed E-state index contributed by atoms with van der Waals surface area (Å²) in [6, 6.07) is 1.04. The van der Waals surface area contributed by atoms with Crippen molar-refractivity contribution < 1.29 is 14.3 Å². The van der Waals surface area contributed by atoms with E-state index in [0.29, 0.717) is 36.2 Å². The molecule has 5 heteroatoms. The Balaban J connectivity index is 1.38. The Morgan fingerprint density at radius 2 is 1.96 bits per heavy atom. The third-order valence-corrected chi connectivity index (χ3v) is 6.93. The molecule has 5 nitrogen and oxygen atoms in total. The first-order valence-corrected chi connectivity index (χ1v) is 10.4. The van der Waals surface area contributed by atoms with Gasteiger partial charge in [-0.3, -0.25) is 14.5 Å². The molecule has 4 saturated heterocycles. The second-order valence-electron chi connectivity index (χ2n) is 8.58. The van der Waals surface area contributed by atoms with Crippen LogP contribution in [0.1, 0.15) is 64.7 Å². The molecular formula is C20H32N2O3. The highest BCUT2D eigenvalue weighted by Crippen LogP contribution is 2.43. The normalized spacial score (nSPS) is 38.0. The highest BCUT2D eigenvalue weighted by Gasteiger charge is 2.49. The summed E-state index contributed by atoms with van der Waals surface area (Å²) in [4.78, 5) is 29.1. The fourth-order valence-corrected chi connectivity index (χ4v) is 5.76. The summed E-state index contributed by atoms with van der Waals surface area (Å²) in [6.07, 6.45) is 8.95. The standard InChI is InChI=1S/C20H32N2O3/c1-2-3-7-20(24)25-16-8-9-17-15-10-14(11-21(17)13-16)18-5-4-6-19(23)22(18)12-15/h14-18H,2-13H2,1H3/t14?,15?,16-,17?,18?/m0/s1. The Kier molecular flexibility index (Phi) is 5.03. The number of ether oxygens (including phenoxy) is 1. The average Bonchev–Trinajstić information content (AvgIpc) is 2.61. The molecule has 25 heavy (non-hydrogen) atoms. The highest BCUT2D eigenvalue weighted by atomic mass is 16.5. The van der Waals surface area contributed by atoms with Gasteiger partial charge in [0.05, 0.1) is 0 Å². The van der Waals surface area contributed by atoms with Crippen LogP contribution in [0.4, 0.5) is 0 Å². The van der Waals surface area contributed by atoms with Crippen molar-refractivity contribution in [3.05, 3.63) is 0 Å². The first-order valence-electron chi connectivity index (χ1n) is 10.4. The Morgan fingerprint density at radius 3 is 2.80 bits per heavy atom. The largest absolute Gasteiger partial charge is 0.461 e. The van der Waals surface area contributed by atoms with E-state index in [9.17, 15) is 9.59 Å². The van der Waals surface area contributed by atoms with Crippen molar-refractivity contribution in [3.63, 3.8) is 0 Å². The van der Waals surface area contributed by atoms with Gasteiger partial charge in [0, 0.05) is 44.6 Å². The van der Waals surface area contributed by atoms with E-state index in [1.807, 2.05) is 0 Å². The van der Waals surface area contributed by atoms with Gasteiger partial charge in [-0.15, -0.1) is 0 Å². The van der Waals surface area contributed by atoms with E-state index in [0.717, 1.165) is 58.2 Å². The lowest BCUT2D eigenvalue weighted by Gasteiger charge is -2.57. The van der Waals surface area contributed by atoms with Crippen molar-refractivity contribution in [1.82, 2.24) is 9.80 Å². The maximum atomic E-state index is 12.3. The second-order valence-corrected chi connectivity index (χ2v) is 8.58. The maximum absolute atomic E-state index is 12.3. The summed E-state index contributed by atoms with van der Waals surface area (Å²) >= 11 is 0. The van der Waals surface area contributed by atoms with Gasteiger partial charge in [0.25, 0.3) is 0 Å². The highest BCUT2D eigenvalue weighted by molar-refractivity contribution is 5.77. The van der Waals surface area contributed by atoms with Gasteiger partial charge < -0.3 is 9.64 Å². The van der Waals surface area contributed by atoms with Gasteiger partial charge in [-0.05, 0) is 50.4 Å². The summed E-state index contributed by atoms with van der Waals surface area (Å²) in [7, 11) is 0. The number of amides is 1. The van der Waals surface area contributed by atoms with Crippen LogP contribution in [-0.2, 0) is 14.3 Å². The number of rotatable bonds is 4. The molecule has 4 aliphatic heterocycles. The molecule has 5 atom stereocenters. The van der Waals surface area contributed by atoms with Crippen LogP contribution in [0.15, 0.2) is 0 Å². The van der Waals surface area contributed by atoms with Crippen LogP contribution in [0.25, 0.3) is 0 Å². The summed E-state index contributed by atoms with van der Waals surface area (Å²) in [5, 5.41) is 0. The van der Waals surface area contributed by atoms with Crippen molar-refractivity contribution in [2.75, 3.05) is 19.6 Å². The fraction of sp³-hybridized carbons (Fsp3) is 0.900. The Bertz CT molecular complexity index is 523. The van der Waals surface area contributed by atoms with Crippen molar-refractivity contribution in [3.8, 4) is 0 Å². The Morgan fingerprint density at radius 1 is 1.12 bits per heavy atom. The van der Waals surface area contributed by atoms with Crippen LogP contribution in [0.5, 0.6) is 0 Å². The van der Waals surface area contributed by atoms with Gasteiger partial charge in [0.2, 0.25) is 5.91 Å². The Hall–Kier alpha value is -1.10. The average molecular weight is 348 g/mol. The number of carbonyl (C=O) groups is 2. The monoisotopic (exact) mass is 348 g/mol. The van der Waals surface area contributed by atoms with Crippen LogP contribution in [-0.4, -0.2) is 59.5 Å². The van der Waals surface area contributed by atoms with Gasteiger partial charge in [0.1, 0.15) is 6.10 Å². The minimum Gasteiger partial charge on any atom is -0.461 e. The van der Waals surface area contributed by atoms with Crippen molar-refractivity contribution in [2.24, 2.45) is 11.8 Å². The second kappa shape index (κ2) is 7.26. The van der Waals surface area contributed by atoms with Crippen LogP contribution < -0.4 is 0 Å². The topological polar surface area (TPSA) is 49.9 Å². The van der Waals surface area contributed by atoms with Gasteiger partial charge in [-0.25, -0.2) is 0 Å². The molecule has 0 N–H and O–H groups in total. The fourth-order valence-electron chi connectivity index (χ4n) is 5.76. The zero-order valence-electron chi connectivity index (χ0n) is 15.5. The molecule has 0 spiro atoms. The number of piperidine rings is 4. The van der Waals surface area contributed by atoms with Gasteiger partial charge >= 0.3 is 5.97 Å². The van der Waals surface area contributed by atoms with E-state index in [1.165, 1.54) is 12.8 Å². The molecule has 4 aliphatic rings. The van der Waals surface area contributed by atoms with E-state index >= 15 is 0 Å². The van der Waals surface area contributed by atoms with E-state index in [2.05, 4.69) is 16.7 Å². The summed E-state index contributed by atoms with van der Waals surface area (Å²) in [5.41, 5.74) is 0. The molecule has 0 saturated carbocycles. The zero-order chi connectivity index (χ0) is 17.4. The van der Waals surface area contributed by atoms with E-state index < -0.39 is 0 Å². The first kappa shape index (κ1) is 17.3. The lowest BCUT2D eigenvalue weighted by atomic mass is 9.70. The van der Waals surface area contributed by atoms with Crippen LogP contribution in [0, 0.1) is 11.8 Å². The third kappa shape index (κ3) is 3.44. The zero-order valence-corrected chi connectivity index (χ0v) is 15.5. The predicted molar refractivity (Wildman–Crippen MR) is 94.9 cm³/mol. The molecule has 1 amide bonds. The van der Waals surface area contributed by atoms with Crippen molar-refractivity contribution >= 4 is 11.9 Å². The lowest BCUT2D eigenvalue weighted by molar-refractivity contribution is -0.161. The molecule has 4 rings (SSSR count). The molecule has 140 valence electrons. The van der Waals surface area contributed by atoms with Crippen molar-refractivity contribution in [1.29, 1.82) is 0 Å². The summed E-state index contributed by atoms with van der Waals surface area (Å²) in [6.45, 7) is 5.04. The van der Waals surface area contributed by atoms with Crippen molar-refractivity contribution in [2.45, 2.75) is 82.9 Å². The van der Waals surface area contributed by atoms with E-state index in [4.69, 9.17) is 4.74 Å². The number of nitrogens with zero attached hydrogens (tertiary/aromatic N) is 2. The smallest absolute Gasteiger partial charge is 0.306 e. The number of fused-ring (bicyclic) bond motifs is 6. The molecule has 4 fully saturated rings. The molecular weight excluding hydrogens is 316 g/mol. The molecule has 0 aromatic heterocycles. The number of hydrogen-bond donors (Lipinski definition) is 0. The molecule has 4 unspecified atom stereocenters. The van der Waals surface area contributed by atoms with E-state index in [1.54, 1.807) is 0 Å². The molecule has 2 bridgehead atoms. The molecule has 0 aromatic rings. The minimum absolute atomic E-state index is 0.0217. The van der Waals surface area contributed by atoms with Crippen LogP contribution in [0.2, 0.25) is 0 Å². The Labute approximate surface area is 151 Å². The molecule has 0 aliphatic carbocycles. The number of carbonyl (C=O) groups excluding carboxylic acids is 2. The maximum Gasteiger partial charge on any atom is 0.306 e.